The van der Waals surface area contributed by atoms with Crippen molar-refractivity contribution >= 4 is 0 Å². The highest BCUT2D eigenvalue weighted by atomic mass is 16.5. The second-order valence-electron chi connectivity index (χ2n) is 8.98. The Balaban J connectivity index is 1.54. The lowest BCUT2D eigenvalue weighted by Gasteiger charge is -2.14. The lowest BCUT2D eigenvalue weighted by molar-refractivity contribution is 0.0627. The summed E-state index contributed by atoms with van der Waals surface area (Å²) in [6, 6.07) is 17.1. The first-order valence-electron chi connectivity index (χ1n) is 13.2. The minimum absolute atomic E-state index is 0.150. The molecule has 2 rings (SSSR count). The van der Waals surface area contributed by atoms with Crippen LogP contribution in [0.3, 0.4) is 0 Å². The summed E-state index contributed by atoms with van der Waals surface area (Å²) in [4.78, 5) is 0. The van der Waals surface area contributed by atoms with Crippen LogP contribution in [0.15, 0.2) is 48.5 Å². The Morgan fingerprint density at radius 1 is 0.594 bits per heavy atom. The fourth-order valence-corrected chi connectivity index (χ4v) is 4.16. The molecule has 0 aliphatic rings. The number of rotatable bonds is 18. The van der Waals surface area contributed by atoms with Gasteiger partial charge < -0.3 is 9.47 Å². The summed E-state index contributed by atoms with van der Waals surface area (Å²) in [5, 5.41) is 0. The van der Waals surface area contributed by atoms with E-state index in [2.05, 4.69) is 50.2 Å². The fourth-order valence-electron chi connectivity index (χ4n) is 4.16. The first-order chi connectivity index (χ1) is 15.7. The monoisotopic (exact) mass is 438 g/mol. The van der Waals surface area contributed by atoms with Gasteiger partial charge in [0.25, 0.3) is 0 Å². The van der Waals surface area contributed by atoms with E-state index in [4.69, 9.17) is 9.47 Å². The number of ether oxygens (including phenoxy) is 2. The largest absolute Gasteiger partial charge is 0.494 e. The summed E-state index contributed by atoms with van der Waals surface area (Å²) < 4.78 is 11.6. The van der Waals surface area contributed by atoms with Gasteiger partial charge in [-0.2, -0.15) is 0 Å². The van der Waals surface area contributed by atoms with Gasteiger partial charge in [-0.05, 0) is 49.1 Å². The van der Waals surface area contributed by atoms with Crippen LogP contribution >= 0.6 is 0 Å². The van der Waals surface area contributed by atoms with E-state index in [0.29, 0.717) is 6.61 Å². The molecule has 0 saturated heterocycles. The first-order valence-corrected chi connectivity index (χ1v) is 13.2. The van der Waals surface area contributed by atoms with Gasteiger partial charge in [-0.3, -0.25) is 0 Å². The van der Waals surface area contributed by atoms with E-state index in [0.717, 1.165) is 12.4 Å². The van der Waals surface area contributed by atoms with Gasteiger partial charge in [-0.15, -0.1) is 0 Å². The molecule has 1 unspecified atom stereocenters. The van der Waals surface area contributed by atoms with Gasteiger partial charge in [0.2, 0.25) is 0 Å². The summed E-state index contributed by atoms with van der Waals surface area (Å²) in [5.74, 6) is 0.924. The molecule has 0 amide bonds. The third-order valence-electron chi connectivity index (χ3n) is 6.24. The molecule has 0 N–H and O–H groups in total. The molecule has 2 heteroatoms. The van der Waals surface area contributed by atoms with Crippen molar-refractivity contribution in [2.45, 2.75) is 104 Å². The molecule has 32 heavy (non-hydrogen) atoms. The number of hydrogen-bond acceptors (Lipinski definition) is 2. The number of hydrogen-bond donors (Lipinski definition) is 0. The van der Waals surface area contributed by atoms with E-state index >= 15 is 0 Å². The van der Waals surface area contributed by atoms with Crippen molar-refractivity contribution in [1.82, 2.24) is 0 Å². The van der Waals surface area contributed by atoms with E-state index in [1.165, 1.54) is 93.7 Å². The van der Waals surface area contributed by atoms with Gasteiger partial charge in [-0.1, -0.05) is 114 Å². The van der Waals surface area contributed by atoms with E-state index in [9.17, 15) is 0 Å². The van der Waals surface area contributed by atoms with Crippen LogP contribution in [-0.2, 0) is 4.74 Å². The third kappa shape index (κ3) is 10.7. The van der Waals surface area contributed by atoms with Crippen molar-refractivity contribution in [1.29, 1.82) is 0 Å². The molecule has 0 saturated carbocycles. The van der Waals surface area contributed by atoms with Crippen LogP contribution in [0.5, 0.6) is 5.75 Å². The Bertz CT molecular complexity index is 690. The van der Waals surface area contributed by atoms with Crippen LogP contribution < -0.4 is 4.74 Å². The van der Waals surface area contributed by atoms with E-state index in [1.54, 1.807) is 0 Å². The van der Waals surface area contributed by atoms with Crippen molar-refractivity contribution in [3.8, 4) is 16.9 Å². The van der Waals surface area contributed by atoms with Gasteiger partial charge in [-0.25, -0.2) is 0 Å². The average Bonchev–Trinajstić information content (AvgIpc) is 2.83. The highest BCUT2D eigenvalue weighted by Crippen LogP contribution is 2.25. The van der Waals surface area contributed by atoms with Crippen LogP contribution in [0.2, 0.25) is 0 Å². The Morgan fingerprint density at radius 3 is 1.56 bits per heavy atom. The molecule has 1 atom stereocenters. The second kappa shape index (κ2) is 16.8. The van der Waals surface area contributed by atoms with E-state index < -0.39 is 0 Å². The molecular formula is C30H46O2. The quantitative estimate of drug-likeness (QED) is 0.216. The standard InChI is InChI=1S/C30H46O2/c1-4-6-7-8-9-10-11-12-13-14-15-16-25-32-26(3)27-17-19-28(20-18-27)29-21-23-30(24-22-29)31-5-2/h17-24,26H,4-16,25H2,1-3H3. The SMILES string of the molecule is CCCCCCCCCCCCCCOC(C)c1ccc(-c2ccc(OCC)cc2)cc1. The molecule has 0 bridgehead atoms. The highest BCUT2D eigenvalue weighted by molar-refractivity contribution is 5.64. The van der Waals surface area contributed by atoms with Gasteiger partial charge in [0.15, 0.2) is 0 Å². The van der Waals surface area contributed by atoms with E-state index in [-0.39, 0.29) is 6.10 Å². The molecule has 0 spiro atoms. The maximum atomic E-state index is 6.09. The Morgan fingerprint density at radius 2 is 1.06 bits per heavy atom. The summed E-state index contributed by atoms with van der Waals surface area (Å²) in [5.41, 5.74) is 3.69. The molecule has 0 aromatic heterocycles. The van der Waals surface area contributed by atoms with Crippen molar-refractivity contribution in [2.24, 2.45) is 0 Å². The minimum atomic E-state index is 0.150. The zero-order valence-electron chi connectivity index (χ0n) is 20.9. The average molecular weight is 439 g/mol. The predicted molar refractivity (Wildman–Crippen MR) is 138 cm³/mol. The van der Waals surface area contributed by atoms with Crippen molar-refractivity contribution in [2.75, 3.05) is 13.2 Å². The van der Waals surface area contributed by atoms with Crippen LogP contribution in [0.1, 0.15) is 109 Å². The molecule has 0 heterocycles. The maximum Gasteiger partial charge on any atom is 0.119 e. The Labute approximate surface area is 197 Å². The summed E-state index contributed by atoms with van der Waals surface area (Å²) in [6.07, 6.45) is 16.7. The zero-order chi connectivity index (χ0) is 22.9. The summed E-state index contributed by atoms with van der Waals surface area (Å²) in [7, 11) is 0. The van der Waals surface area contributed by atoms with Crippen molar-refractivity contribution < 1.29 is 9.47 Å². The fraction of sp³-hybridized carbons (Fsp3) is 0.600. The summed E-state index contributed by atoms with van der Waals surface area (Å²) in [6.45, 7) is 8.01. The molecule has 0 fully saturated rings. The third-order valence-corrected chi connectivity index (χ3v) is 6.24. The number of benzene rings is 2. The Hall–Kier alpha value is -1.80. The maximum absolute atomic E-state index is 6.09. The molecule has 0 aliphatic carbocycles. The van der Waals surface area contributed by atoms with Crippen LogP contribution in [-0.4, -0.2) is 13.2 Å². The van der Waals surface area contributed by atoms with Gasteiger partial charge in [0, 0.05) is 6.61 Å². The smallest absolute Gasteiger partial charge is 0.119 e. The topological polar surface area (TPSA) is 18.5 Å². The van der Waals surface area contributed by atoms with Crippen LogP contribution in [0.4, 0.5) is 0 Å². The van der Waals surface area contributed by atoms with Gasteiger partial charge in [0.1, 0.15) is 5.75 Å². The highest BCUT2D eigenvalue weighted by Gasteiger charge is 2.06. The minimum Gasteiger partial charge on any atom is -0.494 e. The number of unbranched alkanes of at least 4 members (excludes halogenated alkanes) is 11. The molecular weight excluding hydrogens is 392 g/mol. The van der Waals surface area contributed by atoms with Gasteiger partial charge >= 0.3 is 0 Å². The lowest BCUT2D eigenvalue weighted by Crippen LogP contribution is -2.01. The molecule has 178 valence electrons. The van der Waals surface area contributed by atoms with E-state index in [1.807, 2.05) is 19.1 Å². The predicted octanol–water partition coefficient (Wildman–Crippen LogP) is 9.53. The normalized spacial score (nSPS) is 12.1. The molecule has 0 aliphatic heterocycles. The second-order valence-corrected chi connectivity index (χ2v) is 8.98. The lowest BCUT2D eigenvalue weighted by atomic mass is 10.0. The van der Waals surface area contributed by atoms with Gasteiger partial charge in [0.05, 0.1) is 12.7 Å². The summed E-state index contributed by atoms with van der Waals surface area (Å²) >= 11 is 0. The van der Waals surface area contributed by atoms with Crippen LogP contribution in [0, 0.1) is 0 Å². The first kappa shape index (κ1) is 26.5. The molecule has 2 nitrogen and oxygen atoms in total. The van der Waals surface area contributed by atoms with Crippen LogP contribution in [0.25, 0.3) is 11.1 Å². The van der Waals surface area contributed by atoms with Crippen molar-refractivity contribution in [3.63, 3.8) is 0 Å². The zero-order valence-corrected chi connectivity index (χ0v) is 20.9. The van der Waals surface area contributed by atoms with Crippen molar-refractivity contribution in [3.05, 3.63) is 54.1 Å². The molecule has 2 aromatic carbocycles. The Kier molecular flexibility index (Phi) is 13.9. The molecule has 2 aromatic rings. The molecule has 0 radical (unpaired) electrons.